The zero-order chi connectivity index (χ0) is 67.2. The van der Waals surface area contributed by atoms with Crippen molar-refractivity contribution >= 4 is 65.9 Å². The van der Waals surface area contributed by atoms with Crippen molar-refractivity contribution in [2.45, 2.75) is 390 Å². The van der Waals surface area contributed by atoms with E-state index in [1.54, 1.807) is 0 Å². The summed E-state index contributed by atoms with van der Waals surface area (Å²) >= 11 is 0. The SMILES string of the molecule is CC1CC(C)NC(C)(C)C[Si](C)(C)[N-][Si](C)(C)CC(C)(C)N1.CC1CC(C)NC(C)C[Si](C)(C)[N-][Si](C)(C)CC(C)N1.CCCNC(C)CC(C)NCCC.CCNC(C)CC(C)NCC.C[Si](C)(C)[N-][Si](C)(C)C.C[Si](C)(C)[N-][Si](C)(C)C.[CH3-].[CH3-].[CH3-].[CH3-].[Co+2].[Co+2].[Co+2].[Co+2]. The Morgan fingerprint density at radius 3 is 0.848 bits per heavy atom. The molecule has 10 unspecified atom stereocenters. The van der Waals surface area contributed by atoms with Crippen molar-refractivity contribution in [1.29, 1.82) is 0 Å². The molecule has 0 aromatic carbocycles. The Morgan fingerprint density at radius 2 is 0.630 bits per heavy atom. The molecular weight excluding hydrogens is 1450 g/mol. The quantitative estimate of drug-likeness (QED) is 0.0499. The first kappa shape index (κ1) is 122. The van der Waals surface area contributed by atoms with E-state index in [9.17, 15) is 0 Å². The third-order valence-electron chi connectivity index (χ3n) is 13.7. The van der Waals surface area contributed by atoms with Crippen LogP contribution in [0.1, 0.15) is 163 Å². The average molecular weight is 1620 g/mol. The minimum Gasteiger partial charge on any atom is -0.668 e. The van der Waals surface area contributed by atoms with Crippen LogP contribution in [0.15, 0.2) is 0 Å². The van der Waals surface area contributed by atoms with Crippen LogP contribution < -0.4 is 42.5 Å². The molecule has 572 valence electrons. The van der Waals surface area contributed by atoms with Crippen LogP contribution in [0.5, 0.6) is 0 Å². The standard InChI is InChI=1S/C17H40N3Si2.C15H36N3Si2.C11H26N2.C9H22N2.2C6H18NSi2.4CH3.4Co/c1-14-11-15(2)19-17(5,6)13-22(9,10)20-21(7,8)12-16(3,4)18-14;1-12-9-13(2)17-15(4)11-20(7,8)18-19(5,6)10-14(3)16-12;1-5-7-12-10(3)9-11(4)13-8-6-2;1-5-10-8(3)7-9(4)11-6-2;2*1-8(2,3)7-9(4,5)6;;;;;;;;/h14-15,18-19H,11-13H2,1-10H3;12-17H,9-11H2,1-8H3;10-13H,5-9H2,1-4H3;8-11H,5-7H2,1-4H3;2*1-6H3;4*1H3;;;;/q2*-1;;;6*-1;4*+2. The summed E-state index contributed by atoms with van der Waals surface area (Å²) in [6.45, 7) is 92.6. The second-order valence-electron chi connectivity index (χ2n) is 34.5. The Morgan fingerprint density at radius 1 is 0.402 bits per heavy atom. The summed E-state index contributed by atoms with van der Waals surface area (Å²) in [5.41, 5.74) is 0.356. The zero-order valence-corrected chi connectivity index (χ0v) is 82.0. The van der Waals surface area contributed by atoms with E-state index in [2.05, 4.69) is 298 Å². The van der Waals surface area contributed by atoms with Gasteiger partial charge >= 0.3 is 67.1 Å². The van der Waals surface area contributed by atoms with Gasteiger partial charge in [-0.2, -0.15) is 0 Å². The topological polar surface area (TPSA) is 153 Å². The normalized spacial score (nSPS) is 23.9. The molecule has 4 radical (unpaired) electrons. The van der Waals surface area contributed by atoms with Gasteiger partial charge < -0.3 is 90.8 Å². The molecule has 8 N–H and O–H groups in total. The maximum absolute atomic E-state index is 5.51. The number of rotatable bonds is 18. The summed E-state index contributed by atoms with van der Waals surface area (Å²) < 4.78 is 20.6. The molecule has 0 aromatic rings. The van der Waals surface area contributed by atoms with Crippen molar-refractivity contribution in [3.8, 4) is 0 Å². The average Bonchev–Trinajstić information content (AvgIpc) is 3.16. The van der Waals surface area contributed by atoms with Gasteiger partial charge in [0.1, 0.15) is 0 Å². The van der Waals surface area contributed by atoms with Gasteiger partial charge in [-0.3, -0.25) is 0 Å². The summed E-state index contributed by atoms with van der Waals surface area (Å²) in [5, 5.41) is 29.1. The minimum atomic E-state index is -1.55. The fraction of sp³-hybridized carbons (Fsp3) is 0.941. The second kappa shape index (κ2) is 57.7. The first-order valence-corrected chi connectivity index (χ1v) is 60.8. The molecule has 0 bridgehead atoms. The fourth-order valence-electron chi connectivity index (χ4n) is 14.2. The molecular formula is C68H172Co4N12Si8. The fourth-order valence-corrected chi connectivity index (χ4v) is 52.5. The molecule has 12 nitrogen and oxygen atoms in total. The van der Waals surface area contributed by atoms with Gasteiger partial charge in [0.2, 0.25) is 0 Å². The van der Waals surface area contributed by atoms with E-state index in [0.717, 1.165) is 26.2 Å². The van der Waals surface area contributed by atoms with Crippen molar-refractivity contribution in [2.75, 3.05) is 26.2 Å². The molecule has 0 saturated carbocycles. The second-order valence-corrected chi connectivity index (χ2v) is 71.5. The van der Waals surface area contributed by atoms with E-state index in [4.69, 9.17) is 18.6 Å². The van der Waals surface area contributed by atoms with Crippen molar-refractivity contribution in [1.82, 2.24) is 42.5 Å². The Bertz CT molecular complexity index is 1510. The van der Waals surface area contributed by atoms with Crippen LogP contribution >= 0.6 is 0 Å². The molecule has 2 saturated heterocycles. The van der Waals surface area contributed by atoms with Gasteiger partial charge in [-0.25, -0.2) is 0 Å². The van der Waals surface area contributed by atoms with Gasteiger partial charge in [0, 0.05) is 71.5 Å². The predicted octanol–water partition coefficient (Wildman–Crippen LogP) is 20.0. The van der Waals surface area contributed by atoms with Crippen LogP contribution in [0.2, 0.25) is 155 Å². The molecule has 24 heteroatoms. The molecule has 2 aliphatic rings. The van der Waals surface area contributed by atoms with Crippen LogP contribution in [0.25, 0.3) is 18.6 Å². The molecule has 2 rings (SSSR count). The van der Waals surface area contributed by atoms with Crippen molar-refractivity contribution < 1.29 is 67.1 Å². The Labute approximate surface area is 634 Å². The molecule has 0 amide bonds. The van der Waals surface area contributed by atoms with Gasteiger partial charge in [-0.1, -0.05) is 263 Å². The summed E-state index contributed by atoms with van der Waals surface area (Å²) in [5.74, 6) is 0. The summed E-state index contributed by atoms with van der Waals surface area (Å²) in [7, 11) is -10.4. The third kappa shape index (κ3) is 83.9. The Balaban J connectivity index is -0.0000000848. The molecule has 2 aliphatic heterocycles. The van der Waals surface area contributed by atoms with E-state index in [1.165, 1.54) is 62.7 Å². The molecule has 10 atom stereocenters. The van der Waals surface area contributed by atoms with Crippen molar-refractivity contribution in [2.24, 2.45) is 0 Å². The minimum absolute atomic E-state index is 0. The van der Waals surface area contributed by atoms with Crippen LogP contribution in [-0.4, -0.2) is 164 Å². The van der Waals surface area contributed by atoms with Crippen LogP contribution in [0.3, 0.4) is 0 Å². The zero-order valence-electron chi connectivity index (χ0n) is 69.8. The number of hydrogen-bond acceptors (Lipinski definition) is 8. The van der Waals surface area contributed by atoms with Gasteiger partial charge in [-0.15, -0.1) is 0 Å². The largest absolute Gasteiger partial charge is 2.00 e. The van der Waals surface area contributed by atoms with Gasteiger partial charge in [0.15, 0.2) is 0 Å². The van der Waals surface area contributed by atoms with Gasteiger partial charge in [-0.05, 0) is 148 Å². The van der Waals surface area contributed by atoms with Crippen LogP contribution in [0.4, 0.5) is 0 Å². The molecule has 2 fully saturated rings. The molecule has 0 aliphatic carbocycles. The maximum atomic E-state index is 5.51. The summed E-state index contributed by atoms with van der Waals surface area (Å²) in [6, 6.07) is 10.9. The Kier molecular flexibility index (Phi) is 76.5. The van der Waals surface area contributed by atoms with Crippen LogP contribution in [-0.2, 0) is 67.1 Å². The number of nitrogens with zero attached hydrogens (tertiary/aromatic N) is 4. The molecule has 92 heavy (non-hydrogen) atoms. The van der Waals surface area contributed by atoms with Crippen molar-refractivity contribution in [3.05, 3.63) is 48.3 Å². The van der Waals surface area contributed by atoms with E-state index >= 15 is 0 Å². The molecule has 2 heterocycles. The summed E-state index contributed by atoms with van der Waals surface area (Å²) in [6.07, 6.45) is 7.26. The van der Waals surface area contributed by atoms with E-state index in [0.29, 0.717) is 60.4 Å². The van der Waals surface area contributed by atoms with Crippen LogP contribution in [0, 0.1) is 29.7 Å². The number of nitrogens with one attached hydrogen (secondary N) is 8. The van der Waals surface area contributed by atoms with E-state index in [1.807, 2.05) is 0 Å². The molecule has 0 spiro atoms. The maximum Gasteiger partial charge on any atom is 2.00 e. The number of hydrogen-bond donors (Lipinski definition) is 8. The van der Waals surface area contributed by atoms with Crippen molar-refractivity contribution in [3.63, 3.8) is 0 Å². The predicted molar refractivity (Wildman–Crippen MR) is 439 cm³/mol. The summed E-state index contributed by atoms with van der Waals surface area (Å²) in [4.78, 5) is 0. The molecule has 0 aromatic heterocycles. The van der Waals surface area contributed by atoms with E-state index in [-0.39, 0.29) is 108 Å². The van der Waals surface area contributed by atoms with Gasteiger partial charge in [0.25, 0.3) is 0 Å². The monoisotopic (exact) mass is 1620 g/mol. The first-order chi connectivity index (χ1) is 37.4. The Hall–Kier alpha value is 3.28. The first-order valence-electron chi connectivity index (χ1n) is 34.4. The third-order valence-corrected chi connectivity index (χ3v) is 40.9. The van der Waals surface area contributed by atoms with Gasteiger partial charge in [0.05, 0.1) is 0 Å². The smallest absolute Gasteiger partial charge is 0.668 e. The van der Waals surface area contributed by atoms with E-state index < -0.39 is 65.9 Å².